The van der Waals surface area contributed by atoms with Gasteiger partial charge in [0.2, 0.25) is 0 Å². The van der Waals surface area contributed by atoms with Gasteiger partial charge in [-0.2, -0.15) is 0 Å². The molecule has 0 N–H and O–H groups in total. The Kier molecular flexibility index (Phi) is 3.88. The molecule has 2 nitrogen and oxygen atoms in total. The Labute approximate surface area is 159 Å². The first-order valence-electron chi connectivity index (χ1n) is 11.6. The number of ether oxygens (including phenoxy) is 1. The van der Waals surface area contributed by atoms with Gasteiger partial charge in [-0.25, -0.2) is 0 Å². The van der Waals surface area contributed by atoms with Crippen LogP contribution < -0.4 is 0 Å². The Morgan fingerprint density at radius 3 is 2.00 bits per heavy atom. The number of esters is 1. The molecule has 4 bridgehead atoms. The van der Waals surface area contributed by atoms with Crippen LogP contribution in [-0.2, 0) is 9.53 Å². The normalized spacial score (nSPS) is 53.8. The summed E-state index contributed by atoms with van der Waals surface area (Å²) >= 11 is 0. The van der Waals surface area contributed by atoms with Gasteiger partial charge in [0.1, 0.15) is 5.60 Å². The van der Waals surface area contributed by atoms with Gasteiger partial charge >= 0.3 is 5.97 Å². The van der Waals surface area contributed by atoms with Gasteiger partial charge < -0.3 is 4.74 Å². The average molecular weight is 359 g/mol. The van der Waals surface area contributed by atoms with Crippen LogP contribution in [-0.4, -0.2) is 11.6 Å². The molecule has 0 aromatic heterocycles. The zero-order chi connectivity index (χ0) is 18.4. The van der Waals surface area contributed by atoms with E-state index in [-0.39, 0.29) is 17.5 Å². The molecule has 5 aliphatic rings. The summed E-state index contributed by atoms with van der Waals surface area (Å²) in [6, 6.07) is 0. The van der Waals surface area contributed by atoms with Crippen molar-refractivity contribution < 1.29 is 9.53 Å². The third-order valence-corrected chi connectivity index (χ3v) is 9.55. The molecule has 0 aromatic rings. The second-order valence-electron chi connectivity index (χ2n) is 11.5. The Morgan fingerprint density at radius 2 is 1.42 bits per heavy atom. The molecule has 0 spiro atoms. The average Bonchev–Trinajstić information content (AvgIpc) is 3.33. The summed E-state index contributed by atoms with van der Waals surface area (Å²) in [7, 11) is 0. The molecular weight excluding hydrogens is 320 g/mol. The van der Waals surface area contributed by atoms with E-state index in [1.807, 2.05) is 20.8 Å². The van der Waals surface area contributed by atoms with E-state index in [1.54, 1.807) is 0 Å². The van der Waals surface area contributed by atoms with E-state index in [4.69, 9.17) is 4.74 Å². The Hall–Kier alpha value is -0.530. The number of hydrogen-bond acceptors (Lipinski definition) is 2. The molecule has 5 rings (SSSR count). The van der Waals surface area contributed by atoms with Gasteiger partial charge in [0.25, 0.3) is 0 Å². The summed E-state index contributed by atoms with van der Waals surface area (Å²) < 4.78 is 5.83. The summed E-state index contributed by atoms with van der Waals surface area (Å²) in [6.07, 6.45) is 8.24. The minimum absolute atomic E-state index is 0.118. The SMILES string of the molecule is CCC1CC(CC)C2C3CC(C12)C1C2CC(C(=O)OC(C)(C)C)C(C2)C31. The maximum absolute atomic E-state index is 12.9. The van der Waals surface area contributed by atoms with Gasteiger partial charge in [0, 0.05) is 0 Å². The minimum Gasteiger partial charge on any atom is -0.460 e. The molecule has 26 heavy (non-hydrogen) atoms. The van der Waals surface area contributed by atoms with E-state index in [1.165, 1.54) is 32.1 Å². The Bertz CT molecular complexity index is 590. The highest BCUT2D eigenvalue weighted by Crippen LogP contribution is 2.75. The molecule has 146 valence electrons. The highest BCUT2D eigenvalue weighted by Gasteiger charge is 2.70. The van der Waals surface area contributed by atoms with Gasteiger partial charge in [-0.3, -0.25) is 4.79 Å². The van der Waals surface area contributed by atoms with E-state index in [0.29, 0.717) is 5.92 Å². The van der Waals surface area contributed by atoms with Crippen LogP contribution in [0.1, 0.15) is 73.1 Å². The molecule has 0 radical (unpaired) electrons. The molecule has 5 saturated carbocycles. The summed E-state index contributed by atoms with van der Waals surface area (Å²) in [5.41, 5.74) is -0.342. The lowest BCUT2D eigenvalue weighted by atomic mass is 9.60. The molecule has 0 heterocycles. The highest BCUT2D eigenvalue weighted by molar-refractivity contribution is 5.74. The zero-order valence-corrected chi connectivity index (χ0v) is 17.4. The summed E-state index contributed by atoms with van der Waals surface area (Å²) in [6.45, 7) is 10.9. The fourth-order valence-corrected chi connectivity index (χ4v) is 9.27. The van der Waals surface area contributed by atoms with Crippen molar-refractivity contribution in [3.05, 3.63) is 0 Å². The van der Waals surface area contributed by atoms with Crippen molar-refractivity contribution in [1.82, 2.24) is 0 Å². The first-order valence-corrected chi connectivity index (χ1v) is 11.6. The van der Waals surface area contributed by atoms with Crippen molar-refractivity contribution in [3.8, 4) is 0 Å². The first-order chi connectivity index (χ1) is 12.3. The van der Waals surface area contributed by atoms with Crippen LogP contribution in [0.2, 0.25) is 0 Å². The van der Waals surface area contributed by atoms with E-state index in [9.17, 15) is 4.79 Å². The van der Waals surface area contributed by atoms with Crippen molar-refractivity contribution in [3.63, 3.8) is 0 Å². The zero-order valence-electron chi connectivity index (χ0n) is 17.4. The van der Waals surface area contributed by atoms with Crippen molar-refractivity contribution in [1.29, 1.82) is 0 Å². The monoisotopic (exact) mass is 358 g/mol. The lowest BCUT2D eigenvalue weighted by Gasteiger charge is -2.45. The molecule has 11 unspecified atom stereocenters. The number of fused-ring (bicyclic) bond motifs is 12. The maximum atomic E-state index is 12.9. The predicted octanol–water partition coefficient (Wildman–Crippen LogP) is 5.55. The van der Waals surface area contributed by atoms with Crippen LogP contribution in [0.15, 0.2) is 0 Å². The van der Waals surface area contributed by atoms with Gasteiger partial charge in [0.05, 0.1) is 5.92 Å². The fourth-order valence-electron chi connectivity index (χ4n) is 9.27. The van der Waals surface area contributed by atoms with Crippen LogP contribution in [0.4, 0.5) is 0 Å². The molecular formula is C24H38O2. The standard InChI is InChI=1S/C24H38O2/c1-6-12-8-13(7-2)20-18-11-17(19(12)20)21-14-9-15(22(18)21)16(10-14)23(25)26-24(3,4)5/h12-22H,6-11H2,1-5H3. The van der Waals surface area contributed by atoms with Crippen LogP contribution in [0.5, 0.6) is 0 Å². The van der Waals surface area contributed by atoms with Crippen molar-refractivity contribution >= 4 is 5.97 Å². The summed E-state index contributed by atoms with van der Waals surface area (Å²) in [5, 5.41) is 0. The number of rotatable bonds is 3. The highest BCUT2D eigenvalue weighted by atomic mass is 16.6. The van der Waals surface area contributed by atoms with Gasteiger partial charge in [0.15, 0.2) is 0 Å². The number of carbonyl (C=O) groups excluding carboxylic acids is 1. The predicted molar refractivity (Wildman–Crippen MR) is 103 cm³/mol. The third kappa shape index (κ3) is 2.26. The minimum atomic E-state index is -0.342. The second-order valence-corrected chi connectivity index (χ2v) is 11.5. The molecule has 5 aliphatic carbocycles. The van der Waals surface area contributed by atoms with Gasteiger partial charge in [-0.1, -0.05) is 26.7 Å². The van der Waals surface area contributed by atoms with Crippen molar-refractivity contribution in [2.45, 2.75) is 78.7 Å². The molecule has 0 aromatic carbocycles. The molecule has 0 aliphatic heterocycles. The summed E-state index contributed by atoms with van der Waals surface area (Å²) in [5.74, 6) is 9.59. The van der Waals surface area contributed by atoms with Gasteiger partial charge in [-0.15, -0.1) is 0 Å². The van der Waals surface area contributed by atoms with Crippen LogP contribution in [0.25, 0.3) is 0 Å². The van der Waals surface area contributed by atoms with Crippen molar-refractivity contribution in [2.75, 3.05) is 0 Å². The Balaban J connectivity index is 1.39. The van der Waals surface area contributed by atoms with Crippen LogP contribution >= 0.6 is 0 Å². The topological polar surface area (TPSA) is 26.3 Å². The molecule has 5 fully saturated rings. The molecule has 2 heteroatoms. The van der Waals surface area contributed by atoms with Crippen molar-refractivity contribution in [2.24, 2.45) is 65.1 Å². The van der Waals surface area contributed by atoms with Gasteiger partial charge in [-0.05, 0) is 106 Å². The fraction of sp³-hybridized carbons (Fsp3) is 0.958. The molecule has 0 amide bonds. The second kappa shape index (κ2) is 5.74. The van der Waals surface area contributed by atoms with E-state index in [0.717, 1.165) is 59.7 Å². The summed E-state index contributed by atoms with van der Waals surface area (Å²) in [4.78, 5) is 12.9. The number of hydrogen-bond donors (Lipinski definition) is 0. The van der Waals surface area contributed by atoms with E-state index >= 15 is 0 Å². The lowest BCUT2D eigenvalue weighted by Crippen LogP contribution is -2.43. The molecule has 0 saturated heterocycles. The lowest BCUT2D eigenvalue weighted by molar-refractivity contribution is -0.164. The van der Waals surface area contributed by atoms with E-state index < -0.39 is 0 Å². The van der Waals surface area contributed by atoms with Crippen LogP contribution in [0.3, 0.4) is 0 Å². The Morgan fingerprint density at radius 1 is 0.808 bits per heavy atom. The largest absolute Gasteiger partial charge is 0.460 e. The molecule has 11 atom stereocenters. The number of carbonyl (C=O) groups is 1. The maximum Gasteiger partial charge on any atom is 0.309 e. The van der Waals surface area contributed by atoms with Crippen LogP contribution in [0, 0.1) is 65.1 Å². The first kappa shape index (κ1) is 17.6. The third-order valence-electron chi connectivity index (χ3n) is 9.55. The smallest absolute Gasteiger partial charge is 0.309 e. The van der Waals surface area contributed by atoms with E-state index in [2.05, 4.69) is 13.8 Å². The quantitative estimate of drug-likeness (QED) is 0.488.